The molecule has 0 atom stereocenters. The SMILES string of the molecule is C1CCSC1.c1ccccc1. The predicted molar refractivity (Wildman–Crippen MR) is 53.0 cm³/mol. The fraction of sp³-hybridized carbons (Fsp3) is 0.400. The predicted octanol–water partition coefficient (Wildman–Crippen LogP) is 3.20. The molecule has 0 aromatic heterocycles. The minimum absolute atomic E-state index is 1.42. The van der Waals surface area contributed by atoms with Crippen molar-refractivity contribution in [1.82, 2.24) is 0 Å². The van der Waals surface area contributed by atoms with Gasteiger partial charge in [-0.1, -0.05) is 36.4 Å². The third-order valence-corrected chi connectivity index (χ3v) is 2.65. The van der Waals surface area contributed by atoms with E-state index in [2.05, 4.69) is 11.8 Å². The third-order valence-electron chi connectivity index (χ3n) is 1.49. The van der Waals surface area contributed by atoms with Gasteiger partial charge in [0.05, 0.1) is 0 Å². The van der Waals surface area contributed by atoms with E-state index in [0.717, 1.165) is 0 Å². The lowest BCUT2D eigenvalue weighted by Gasteiger charge is -1.69. The highest BCUT2D eigenvalue weighted by Gasteiger charge is 1.95. The Morgan fingerprint density at radius 1 is 0.636 bits per heavy atom. The van der Waals surface area contributed by atoms with E-state index in [1.807, 2.05) is 36.4 Å². The van der Waals surface area contributed by atoms with Gasteiger partial charge in [-0.05, 0) is 24.3 Å². The van der Waals surface area contributed by atoms with Crippen LogP contribution in [0.25, 0.3) is 0 Å². The molecule has 1 heteroatoms. The lowest BCUT2D eigenvalue weighted by atomic mass is 10.4. The van der Waals surface area contributed by atoms with E-state index < -0.39 is 0 Å². The zero-order valence-corrected chi connectivity index (χ0v) is 7.52. The number of rotatable bonds is 0. The van der Waals surface area contributed by atoms with Crippen molar-refractivity contribution in [3.8, 4) is 0 Å². The van der Waals surface area contributed by atoms with E-state index >= 15 is 0 Å². The Hall–Kier alpha value is -0.430. The van der Waals surface area contributed by atoms with Crippen molar-refractivity contribution in [1.29, 1.82) is 0 Å². The van der Waals surface area contributed by atoms with E-state index in [-0.39, 0.29) is 0 Å². The molecule has 0 N–H and O–H groups in total. The van der Waals surface area contributed by atoms with Crippen LogP contribution in [0.2, 0.25) is 0 Å². The van der Waals surface area contributed by atoms with Gasteiger partial charge in [-0.3, -0.25) is 0 Å². The molecule has 0 bridgehead atoms. The van der Waals surface area contributed by atoms with Gasteiger partial charge < -0.3 is 0 Å². The second-order valence-electron chi connectivity index (χ2n) is 2.47. The zero-order valence-electron chi connectivity index (χ0n) is 6.70. The monoisotopic (exact) mass is 166 g/mol. The van der Waals surface area contributed by atoms with Gasteiger partial charge in [-0.25, -0.2) is 0 Å². The molecule has 1 aromatic rings. The Morgan fingerprint density at radius 2 is 1.00 bits per heavy atom. The standard InChI is InChI=1S/C6H6.C4H8S/c1-2-4-6-5-3-1;1-2-4-5-3-1/h1-6H;1-4H2. The maximum atomic E-state index is 2.07. The van der Waals surface area contributed by atoms with E-state index in [4.69, 9.17) is 0 Å². The van der Waals surface area contributed by atoms with Crippen molar-refractivity contribution >= 4 is 11.8 Å². The summed E-state index contributed by atoms with van der Waals surface area (Å²) in [5.74, 6) is 2.83. The Balaban J connectivity index is 0.000000112. The van der Waals surface area contributed by atoms with Crippen molar-refractivity contribution in [3.63, 3.8) is 0 Å². The van der Waals surface area contributed by atoms with Gasteiger partial charge in [0, 0.05) is 0 Å². The first-order valence-electron chi connectivity index (χ1n) is 4.08. The second-order valence-corrected chi connectivity index (χ2v) is 3.70. The van der Waals surface area contributed by atoms with E-state index in [0.29, 0.717) is 0 Å². The number of benzene rings is 1. The zero-order chi connectivity index (χ0) is 7.78. The molecule has 0 amide bonds. The maximum absolute atomic E-state index is 2.07. The Kier molecular flexibility index (Phi) is 4.96. The summed E-state index contributed by atoms with van der Waals surface area (Å²) in [5, 5.41) is 0. The average Bonchev–Trinajstić information content (AvgIpc) is 2.64. The molecule has 2 rings (SSSR count). The molecule has 0 radical (unpaired) electrons. The smallest absolute Gasteiger partial charge is 0.00672 e. The maximum Gasteiger partial charge on any atom is -0.00672 e. The lowest BCUT2D eigenvalue weighted by molar-refractivity contribution is 0.949. The summed E-state index contributed by atoms with van der Waals surface area (Å²) in [4.78, 5) is 0. The van der Waals surface area contributed by atoms with Crippen LogP contribution in [0.5, 0.6) is 0 Å². The fourth-order valence-electron chi connectivity index (χ4n) is 0.895. The number of thioether (sulfide) groups is 1. The highest BCUT2D eigenvalue weighted by Crippen LogP contribution is 2.14. The molecule has 0 spiro atoms. The highest BCUT2D eigenvalue weighted by atomic mass is 32.2. The van der Waals surface area contributed by atoms with Crippen LogP contribution in [0, 0.1) is 0 Å². The summed E-state index contributed by atoms with van der Waals surface area (Å²) in [6.07, 6.45) is 2.93. The van der Waals surface area contributed by atoms with Crippen LogP contribution < -0.4 is 0 Å². The second kappa shape index (κ2) is 6.29. The van der Waals surface area contributed by atoms with Crippen molar-refractivity contribution in [2.24, 2.45) is 0 Å². The van der Waals surface area contributed by atoms with E-state index in [9.17, 15) is 0 Å². The molecule has 1 aliphatic rings. The lowest BCUT2D eigenvalue weighted by Crippen LogP contribution is -1.58. The summed E-state index contributed by atoms with van der Waals surface area (Å²) in [6, 6.07) is 12.0. The quantitative estimate of drug-likeness (QED) is 0.570. The van der Waals surface area contributed by atoms with Crippen molar-refractivity contribution in [2.75, 3.05) is 11.5 Å². The summed E-state index contributed by atoms with van der Waals surface area (Å²) >= 11 is 2.07. The van der Waals surface area contributed by atoms with Crippen LogP contribution in [-0.2, 0) is 0 Å². The first-order chi connectivity index (χ1) is 5.50. The average molecular weight is 166 g/mol. The fourth-order valence-corrected chi connectivity index (χ4v) is 1.92. The molecule has 60 valence electrons. The van der Waals surface area contributed by atoms with Crippen LogP contribution >= 0.6 is 11.8 Å². The van der Waals surface area contributed by atoms with Crippen molar-refractivity contribution in [2.45, 2.75) is 12.8 Å². The van der Waals surface area contributed by atoms with Crippen LogP contribution in [0.4, 0.5) is 0 Å². The molecular weight excluding hydrogens is 152 g/mol. The largest absolute Gasteiger partial charge is 0.162 e. The molecule has 0 aliphatic carbocycles. The van der Waals surface area contributed by atoms with E-state index in [1.54, 1.807) is 0 Å². The number of hydrogen-bond acceptors (Lipinski definition) is 1. The van der Waals surface area contributed by atoms with Gasteiger partial charge >= 0.3 is 0 Å². The summed E-state index contributed by atoms with van der Waals surface area (Å²) in [7, 11) is 0. The molecule has 0 nitrogen and oxygen atoms in total. The van der Waals surface area contributed by atoms with Crippen LogP contribution in [0.1, 0.15) is 12.8 Å². The molecule has 0 unspecified atom stereocenters. The summed E-state index contributed by atoms with van der Waals surface area (Å²) in [6.45, 7) is 0. The van der Waals surface area contributed by atoms with Gasteiger partial charge in [0.15, 0.2) is 0 Å². The minimum Gasteiger partial charge on any atom is -0.162 e. The molecular formula is C10H14S. The third kappa shape index (κ3) is 4.91. The first kappa shape index (κ1) is 8.66. The van der Waals surface area contributed by atoms with Crippen LogP contribution in [0.15, 0.2) is 36.4 Å². The summed E-state index contributed by atoms with van der Waals surface area (Å²) in [5.41, 5.74) is 0. The van der Waals surface area contributed by atoms with Gasteiger partial charge in [0.25, 0.3) is 0 Å². The Morgan fingerprint density at radius 3 is 1.18 bits per heavy atom. The van der Waals surface area contributed by atoms with Crippen LogP contribution in [-0.4, -0.2) is 11.5 Å². The van der Waals surface area contributed by atoms with Gasteiger partial charge in [0.1, 0.15) is 0 Å². The molecule has 1 heterocycles. The van der Waals surface area contributed by atoms with Crippen molar-refractivity contribution in [3.05, 3.63) is 36.4 Å². The Bertz CT molecular complexity index is 121. The first-order valence-corrected chi connectivity index (χ1v) is 5.23. The molecule has 1 saturated heterocycles. The summed E-state index contributed by atoms with van der Waals surface area (Å²) < 4.78 is 0. The van der Waals surface area contributed by atoms with Gasteiger partial charge in [-0.2, -0.15) is 11.8 Å². The van der Waals surface area contributed by atoms with E-state index in [1.165, 1.54) is 24.3 Å². The van der Waals surface area contributed by atoms with Crippen molar-refractivity contribution < 1.29 is 0 Å². The Labute approximate surface area is 73.0 Å². The minimum atomic E-state index is 1.42. The molecule has 11 heavy (non-hydrogen) atoms. The number of hydrogen-bond donors (Lipinski definition) is 0. The normalized spacial score (nSPS) is 15.3. The molecule has 1 fully saturated rings. The van der Waals surface area contributed by atoms with Gasteiger partial charge in [-0.15, -0.1) is 0 Å². The topological polar surface area (TPSA) is 0 Å². The van der Waals surface area contributed by atoms with Crippen LogP contribution in [0.3, 0.4) is 0 Å². The molecule has 1 aromatic carbocycles. The highest BCUT2D eigenvalue weighted by molar-refractivity contribution is 7.99. The molecule has 1 aliphatic heterocycles. The molecule has 0 saturated carbocycles. The van der Waals surface area contributed by atoms with Gasteiger partial charge in [0.2, 0.25) is 0 Å².